The van der Waals surface area contributed by atoms with E-state index in [0.29, 0.717) is 13.1 Å². The fourth-order valence-electron chi connectivity index (χ4n) is 2.02. The van der Waals surface area contributed by atoms with Gasteiger partial charge in [0.25, 0.3) is 0 Å². The van der Waals surface area contributed by atoms with Gasteiger partial charge in [0.15, 0.2) is 0 Å². The van der Waals surface area contributed by atoms with Crippen molar-refractivity contribution in [3.05, 3.63) is 30.1 Å². The number of aromatic nitrogens is 1. The summed E-state index contributed by atoms with van der Waals surface area (Å²) in [5.41, 5.74) is -0.247. The zero-order valence-electron chi connectivity index (χ0n) is 13.2. The molecular formula is C16H24N2O3. The average molecular weight is 292 g/mol. The van der Waals surface area contributed by atoms with E-state index in [1.54, 1.807) is 18.0 Å². The van der Waals surface area contributed by atoms with Crippen LogP contribution in [0.2, 0.25) is 0 Å². The smallest absolute Gasteiger partial charge is 0.310 e. The third-order valence-electron chi connectivity index (χ3n) is 4.09. The van der Waals surface area contributed by atoms with Gasteiger partial charge in [0.05, 0.1) is 17.7 Å². The summed E-state index contributed by atoms with van der Waals surface area (Å²) in [6.07, 6.45) is 1.68. The van der Waals surface area contributed by atoms with Crippen molar-refractivity contribution in [1.82, 2.24) is 9.88 Å². The molecule has 1 heterocycles. The Hall–Kier alpha value is -1.91. The van der Waals surface area contributed by atoms with Gasteiger partial charge in [0, 0.05) is 19.2 Å². The van der Waals surface area contributed by atoms with Crippen molar-refractivity contribution in [1.29, 1.82) is 0 Å². The Bertz CT molecular complexity index is 488. The number of carbonyl (C=O) groups is 2. The summed E-state index contributed by atoms with van der Waals surface area (Å²) in [5, 5.41) is 9.41. The summed E-state index contributed by atoms with van der Waals surface area (Å²) >= 11 is 0. The van der Waals surface area contributed by atoms with Gasteiger partial charge in [-0.1, -0.05) is 19.9 Å². The number of carboxylic acids is 1. The topological polar surface area (TPSA) is 70.5 Å². The van der Waals surface area contributed by atoms with Gasteiger partial charge in [0.2, 0.25) is 5.91 Å². The summed E-state index contributed by atoms with van der Waals surface area (Å²) in [4.78, 5) is 29.8. The molecule has 0 saturated carbocycles. The molecular weight excluding hydrogens is 268 g/mol. The molecule has 0 aliphatic heterocycles. The first-order chi connectivity index (χ1) is 9.81. The molecule has 116 valence electrons. The van der Waals surface area contributed by atoms with Gasteiger partial charge in [-0.15, -0.1) is 0 Å². The van der Waals surface area contributed by atoms with E-state index in [4.69, 9.17) is 0 Å². The Morgan fingerprint density at radius 3 is 2.48 bits per heavy atom. The van der Waals surface area contributed by atoms with Crippen molar-refractivity contribution in [2.75, 3.05) is 6.54 Å². The molecule has 0 aliphatic carbocycles. The van der Waals surface area contributed by atoms with E-state index in [1.807, 2.05) is 39.0 Å². The van der Waals surface area contributed by atoms with Crippen LogP contribution in [-0.4, -0.2) is 33.4 Å². The zero-order valence-corrected chi connectivity index (χ0v) is 13.2. The van der Waals surface area contributed by atoms with Crippen LogP contribution in [-0.2, 0) is 16.1 Å². The summed E-state index contributed by atoms with van der Waals surface area (Å²) in [5.74, 6) is -1.20. The Labute approximate surface area is 126 Å². The molecule has 21 heavy (non-hydrogen) atoms. The quantitative estimate of drug-likeness (QED) is 0.838. The lowest BCUT2D eigenvalue weighted by Gasteiger charge is -2.31. The third kappa shape index (κ3) is 4.28. The minimum absolute atomic E-state index is 0.000668. The molecule has 5 heteroatoms. The maximum Gasteiger partial charge on any atom is 0.310 e. The van der Waals surface area contributed by atoms with Crippen LogP contribution < -0.4 is 0 Å². The number of carboxylic acid groups (broad SMARTS) is 1. The predicted octanol–water partition coefficient (Wildman–Crippen LogP) is 2.57. The minimum atomic E-state index is -1.05. The molecule has 1 aromatic heterocycles. The van der Waals surface area contributed by atoms with Gasteiger partial charge < -0.3 is 10.0 Å². The number of nitrogens with zero attached hydrogens (tertiary/aromatic N) is 2. The van der Waals surface area contributed by atoms with Crippen LogP contribution in [0.4, 0.5) is 0 Å². The predicted molar refractivity (Wildman–Crippen MR) is 80.5 cm³/mol. The summed E-state index contributed by atoms with van der Waals surface area (Å²) < 4.78 is 0. The molecule has 1 amide bonds. The number of hydrogen-bond acceptors (Lipinski definition) is 3. The molecule has 5 nitrogen and oxygen atoms in total. The second kappa shape index (κ2) is 7.20. The highest BCUT2D eigenvalue weighted by Crippen LogP contribution is 2.32. The van der Waals surface area contributed by atoms with Crippen molar-refractivity contribution >= 4 is 11.9 Å². The van der Waals surface area contributed by atoms with Crippen LogP contribution >= 0.6 is 0 Å². The largest absolute Gasteiger partial charge is 0.481 e. The number of rotatable bonds is 7. The Kier molecular flexibility index (Phi) is 5.88. The van der Waals surface area contributed by atoms with Gasteiger partial charge in [0.1, 0.15) is 0 Å². The highest BCUT2D eigenvalue weighted by molar-refractivity contribution is 5.84. The molecule has 0 aliphatic rings. The Balaban J connectivity index is 2.82. The molecule has 0 saturated heterocycles. The van der Waals surface area contributed by atoms with E-state index < -0.39 is 11.4 Å². The number of hydrogen-bond donors (Lipinski definition) is 1. The van der Waals surface area contributed by atoms with E-state index in [0.717, 1.165) is 5.69 Å². The summed E-state index contributed by atoms with van der Waals surface area (Å²) in [7, 11) is 0. The zero-order chi connectivity index (χ0) is 16.0. The van der Waals surface area contributed by atoms with Crippen molar-refractivity contribution in [2.45, 2.75) is 40.7 Å². The van der Waals surface area contributed by atoms with Crippen molar-refractivity contribution in [3.8, 4) is 0 Å². The second-order valence-electron chi connectivity index (χ2n) is 5.78. The summed E-state index contributed by atoms with van der Waals surface area (Å²) in [6.45, 7) is 8.11. The van der Waals surface area contributed by atoms with Crippen LogP contribution in [0.25, 0.3) is 0 Å². The monoisotopic (exact) mass is 292 g/mol. The van der Waals surface area contributed by atoms with Crippen LogP contribution in [0.3, 0.4) is 0 Å². The van der Waals surface area contributed by atoms with E-state index in [2.05, 4.69) is 4.98 Å². The summed E-state index contributed by atoms with van der Waals surface area (Å²) in [6, 6.07) is 5.55. The first-order valence-electron chi connectivity index (χ1n) is 7.22. The second-order valence-corrected chi connectivity index (χ2v) is 5.78. The van der Waals surface area contributed by atoms with E-state index in [1.165, 1.54) is 0 Å². The normalized spacial score (nSPS) is 13.8. The number of pyridine rings is 1. The number of aliphatic carboxylic acids is 1. The van der Waals surface area contributed by atoms with Crippen LogP contribution in [0.15, 0.2) is 24.4 Å². The van der Waals surface area contributed by atoms with Crippen molar-refractivity contribution < 1.29 is 14.7 Å². The first kappa shape index (κ1) is 17.1. The standard InChI is InChI=1S/C16H24N2O3/c1-5-18(11-13-8-6-7-9-17-13)14(19)10-16(4,12(2)3)15(20)21/h6-9,12H,5,10-11H2,1-4H3,(H,20,21). The maximum atomic E-state index is 12.4. The van der Waals surface area contributed by atoms with E-state index >= 15 is 0 Å². The Morgan fingerprint density at radius 1 is 1.38 bits per heavy atom. The van der Waals surface area contributed by atoms with Gasteiger partial charge in [-0.05, 0) is 31.9 Å². The highest BCUT2D eigenvalue weighted by Gasteiger charge is 2.39. The van der Waals surface area contributed by atoms with Gasteiger partial charge in [-0.25, -0.2) is 0 Å². The molecule has 1 aromatic rings. The SMILES string of the molecule is CCN(Cc1ccccn1)C(=O)CC(C)(C(=O)O)C(C)C. The minimum Gasteiger partial charge on any atom is -0.481 e. The number of amides is 1. The average Bonchev–Trinajstić information content (AvgIpc) is 2.45. The van der Waals surface area contributed by atoms with Gasteiger partial charge in [-0.2, -0.15) is 0 Å². The lowest BCUT2D eigenvalue weighted by molar-refractivity contribution is -0.155. The van der Waals surface area contributed by atoms with Crippen LogP contribution in [0, 0.1) is 11.3 Å². The van der Waals surface area contributed by atoms with Gasteiger partial charge >= 0.3 is 5.97 Å². The Morgan fingerprint density at radius 2 is 2.05 bits per heavy atom. The molecule has 0 fully saturated rings. The maximum absolute atomic E-state index is 12.4. The fraction of sp³-hybridized carbons (Fsp3) is 0.562. The molecule has 1 N–H and O–H groups in total. The van der Waals surface area contributed by atoms with Gasteiger partial charge in [-0.3, -0.25) is 14.6 Å². The fourth-order valence-corrected chi connectivity index (χ4v) is 2.02. The van der Waals surface area contributed by atoms with Crippen molar-refractivity contribution in [2.24, 2.45) is 11.3 Å². The van der Waals surface area contributed by atoms with E-state index in [-0.39, 0.29) is 18.2 Å². The molecule has 0 aromatic carbocycles. The van der Waals surface area contributed by atoms with Crippen molar-refractivity contribution in [3.63, 3.8) is 0 Å². The molecule has 0 radical (unpaired) electrons. The van der Waals surface area contributed by atoms with Crippen LogP contribution in [0.1, 0.15) is 39.8 Å². The first-order valence-corrected chi connectivity index (χ1v) is 7.22. The number of carbonyl (C=O) groups excluding carboxylic acids is 1. The molecule has 1 rings (SSSR count). The van der Waals surface area contributed by atoms with Crippen LogP contribution in [0.5, 0.6) is 0 Å². The highest BCUT2D eigenvalue weighted by atomic mass is 16.4. The molecule has 0 spiro atoms. The van der Waals surface area contributed by atoms with E-state index in [9.17, 15) is 14.7 Å². The third-order valence-corrected chi connectivity index (χ3v) is 4.09. The lowest BCUT2D eigenvalue weighted by Crippen LogP contribution is -2.40. The lowest BCUT2D eigenvalue weighted by atomic mass is 9.76. The molecule has 0 bridgehead atoms. The molecule has 1 unspecified atom stereocenters. The molecule has 1 atom stereocenters.